The Balaban J connectivity index is 0.000000359. The number of hydrogen-bond donors (Lipinski definition) is 2. The van der Waals surface area contributed by atoms with Crippen molar-refractivity contribution in [3.8, 4) is 0 Å². The van der Waals surface area contributed by atoms with E-state index in [1.807, 2.05) is 36.5 Å². The van der Waals surface area contributed by atoms with Crippen LogP contribution in [0.5, 0.6) is 0 Å². The lowest BCUT2D eigenvalue weighted by atomic mass is 10.3. The summed E-state index contributed by atoms with van der Waals surface area (Å²) in [4.78, 5) is 27.9. The van der Waals surface area contributed by atoms with Crippen molar-refractivity contribution >= 4 is 17.8 Å². The van der Waals surface area contributed by atoms with E-state index in [4.69, 9.17) is 14.6 Å². The van der Waals surface area contributed by atoms with Crippen LogP contribution >= 0.6 is 0 Å². The van der Waals surface area contributed by atoms with Gasteiger partial charge in [0, 0.05) is 31.4 Å². The van der Waals surface area contributed by atoms with E-state index in [9.17, 15) is 9.59 Å². The molecule has 0 amide bonds. The molecule has 0 bridgehead atoms. The molecule has 140 valence electrons. The minimum atomic E-state index is -1.26. The summed E-state index contributed by atoms with van der Waals surface area (Å²) in [7, 11) is 4.15. The highest BCUT2D eigenvalue weighted by atomic mass is 16.4. The molecular formula is C18H23N3O5. The van der Waals surface area contributed by atoms with E-state index in [1.165, 1.54) is 0 Å². The molecule has 0 saturated carbocycles. The van der Waals surface area contributed by atoms with E-state index in [-0.39, 0.29) is 0 Å². The largest absolute Gasteiger partial charge is 0.478 e. The van der Waals surface area contributed by atoms with Crippen LogP contribution in [0.3, 0.4) is 0 Å². The molecule has 0 aliphatic carbocycles. The lowest BCUT2D eigenvalue weighted by Gasteiger charge is -2.24. The zero-order valence-electron chi connectivity index (χ0n) is 14.8. The molecule has 0 aliphatic heterocycles. The van der Waals surface area contributed by atoms with Gasteiger partial charge in [0.05, 0.1) is 12.8 Å². The molecular weight excluding hydrogens is 338 g/mol. The second kappa shape index (κ2) is 11.4. The second-order valence-corrected chi connectivity index (χ2v) is 5.50. The Morgan fingerprint density at radius 2 is 1.77 bits per heavy atom. The zero-order valence-corrected chi connectivity index (χ0v) is 14.8. The molecule has 2 heterocycles. The van der Waals surface area contributed by atoms with Crippen LogP contribution in [0.15, 0.2) is 59.4 Å². The highest BCUT2D eigenvalue weighted by Gasteiger charge is 2.10. The van der Waals surface area contributed by atoms with Gasteiger partial charge in [0.15, 0.2) is 0 Å². The van der Waals surface area contributed by atoms with Crippen molar-refractivity contribution in [2.45, 2.75) is 6.54 Å². The third kappa shape index (κ3) is 9.24. The molecule has 0 atom stereocenters. The third-order valence-corrected chi connectivity index (χ3v) is 3.09. The molecule has 0 spiro atoms. The summed E-state index contributed by atoms with van der Waals surface area (Å²) >= 11 is 0. The van der Waals surface area contributed by atoms with Gasteiger partial charge in [-0.25, -0.2) is 14.6 Å². The van der Waals surface area contributed by atoms with Crippen molar-refractivity contribution in [3.05, 3.63) is 60.7 Å². The number of nitrogens with zero attached hydrogens (tertiary/aromatic N) is 3. The molecule has 2 N–H and O–H groups in total. The van der Waals surface area contributed by atoms with Crippen LogP contribution in [0.25, 0.3) is 0 Å². The third-order valence-electron chi connectivity index (χ3n) is 3.09. The number of furan rings is 1. The van der Waals surface area contributed by atoms with Gasteiger partial charge in [0.1, 0.15) is 11.6 Å². The van der Waals surface area contributed by atoms with Crippen molar-refractivity contribution in [2.24, 2.45) is 0 Å². The van der Waals surface area contributed by atoms with Crippen LogP contribution in [-0.2, 0) is 16.1 Å². The van der Waals surface area contributed by atoms with E-state index in [0.29, 0.717) is 12.2 Å². The van der Waals surface area contributed by atoms with E-state index >= 15 is 0 Å². The fourth-order valence-electron chi connectivity index (χ4n) is 1.87. The molecule has 0 radical (unpaired) electrons. The Kier molecular flexibility index (Phi) is 9.19. The van der Waals surface area contributed by atoms with Crippen molar-refractivity contribution < 1.29 is 24.2 Å². The molecule has 0 aromatic carbocycles. The van der Waals surface area contributed by atoms with Gasteiger partial charge in [-0.3, -0.25) is 0 Å². The first-order valence-electron chi connectivity index (χ1n) is 7.85. The number of carboxylic acids is 2. The van der Waals surface area contributed by atoms with Crippen LogP contribution in [0.2, 0.25) is 0 Å². The Labute approximate surface area is 152 Å². The average Bonchev–Trinajstić information content (AvgIpc) is 3.11. The first-order valence-corrected chi connectivity index (χ1v) is 7.85. The first kappa shape index (κ1) is 20.9. The van der Waals surface area contributed by atoms with Gasteiger partial charge >= 0.3 is 11.9 Å². The monoisotopic (exact) mass is 361 g/mol. The van der Waals surface area contributed by atoms with Gasteiger partial charge in [-0.1, -0.05) is 6.07 Å². The number of rotatable bonds is 8. The Bertz CT molecular complexity index is 668. The normalized spacial score (nSPS) is 10.4. The van der Waals surface area contributed by atoms with Gasteiger partial charge in [-0.15, -0.1) is 0 Å². The number of likely N-dealkylation sites (N-methyl/N-ethyl adjacent to an activating group) is 1. The summed E-state index contributed by atoms with van der Waals surface area (Å²) in [6.45, 7) is 2.65. The summed E-state index contributed by atoms with van der Waals surface area (Å²) in [6, 6.07) is 9.87. The van der Waals surface area contributed by atoms with Crippen molar-refractivity contribution in [3.63, 3.8) is 0 Å². The number of carboxylic acid groups (broad SMARTS) is 2. The van der Waals surface area contributed by atoms with Crippen molar-refractivity contribution in [1.29, 1.82) is 0 Å². The molecule has 8 nitrogen and oxygen atoms in total. The van der Waals surface area contributed by atoms with Gasteiger partial charge in [-0.05, 0) is 38.4 Å². The molecule has 8 heteroatoms. The number of carbonyl (C=O) groups is 2. The molecule has 2 rings (SSSR count). The molecule has 0 fully saturated rings. The summed E-state index contributed by atoms with van der Waals surface area (Å²) in [5.41, 5.74) is 0. The molecule has 2 aromatic heterocycles. The van der Waals surface area contributed by atoms with Crippen molar-refractivity contribution in [1.82, 2.24) is 9.88 Å². The molecule has 2 aromatic rings. The first-order chi connectivity index (χ1) is 12.4. The maximum atomic E-state index is 9.55. The van der Waals surface area contributed by atoms with E-state index in [0.717, 1.165) is 31.2 Å². The lowest BCUT2D eigenvalue weighted by molar-refractivity contribution is -0.134. The van der Waals surface area contributed by atoms with Crippen LogP contribution in [0.4, 0.5) is 5.82 Å². The fourth-order valence-corrected chi connectivity index (χ4v) is 1.87. The number of hydrogen-bond acceptors (Lipinski definition) is 6. The summed E-state index contributed by atoms with van der Waals surface area (Å²) < 4.78 is 5.41. The molecule has 0 aliphatic rings. The van der Waals surface area contributed by atoms with Crippen LogP contribution in [-0.4, -0.2) is 59.2 Å². The van der Waals surface area contributed by atoms with Gasteiger partial charge in [0.2, 0.25) is 0 Å². The van der Waals surface area contributed by atoms with Crippen LogP contribution < -0.4 is 4.90 Å². The number of anilines is 1. The second-order valence-electron chi connectivity index (χ2n) is 5.50. The maximum Gasteiger partial charge on any atom is 0.328 e. The topological polar surface area (TPSA) is 107 Å². The molecule has 0 saturated heterocycles. The fraction of sp³-hybridized carbons (Fsp3) is 0.278. The molecule has 0 unspecified atom stereocenters. The van der Waals surface area contributed by atoms with Crippen molar-refractivity contribution in [2.75, 3.05) is 32.1 Å². The van der Waals surface area contributed by atoms with Gasteiger partial charge in [-0.2, -0.15) is 0 Å². The smallest absolute Gasteiger partial charge is 0.328 e. The predicted octanol–water partition coefficient (Wildman–Crippen LogP) is 1.95. The quantitative estimate of drug-likeness (QED) is 0.687. The average molecular weight is 361 g/mol. The standard InChI is InChI=1S/C14H19N3O.C4H4O4/c1-16(2)9-10-17(12-13-6-5-11-18-13)14-7-3-4-8-15-14;5-3(6)1-2-4(7)8/h3-8,11H,9-10,12H2,1-2H3;1-2H,(H,5,6)(H,7,8)/b;2-1-. The summed E-state index contributed by atoms with van der Waals surface area (Å²) in [5.74, 6) is -0.574. The lowest BCUT2D eigenvalue weighted by Crippen LogP contribution is -2.31. The van der Waals surface area contributed by atoms with Gasteiger partial charge in [0.25, 0.3) is 0 Å². The van der Waals surface area contributed by atoms with E-state index < -0.39 is 11.9 Å². The summed E-state index contributed by atoms with van der Waals surface area (Å²) in [6.07, 6.45) is 4.64. The Morgan fingerprint density at radius 1 is 1.08 bits per heavy atom. The minimum absolute atomic E-state index is 0.558. The predicted molar refractivity (Wildman–Crippen MR) is 97.0 cm³/mol. The Hall–Kier alpha value is -3.13. The van der Waals surface area contributed by atoms with Crippen LogP contribution in [0, 0.1) is 0 Å². The SMILES string of the molecule is CN(C)CCN(Cc1ccco1)c1ccccn1.O=C(O)/C=C\C(=O)O. The Morgan fingerprint density at radius 3 is 2.23 bits per heavy atom. The highest BCUT2D eigenvalue weighted by Crippen LogP contribution is 2.14. The summed E-state index contributed by atoms with van der Waals surface area (Å²) in [5, 5.41) is 15.6. The van der Waals surface area contributed by atoms with E-state index in [1.54, 1.807) is 6.26 Å². The zero-order chi connectivity index (χ0) is 19.4. The molecule has 26 heavy (non-hydrogen) atoms. The maximum absolute atomic E-state index is 9.55. The highest BCUT2D eigenvalue weighted by molar-refractivity contribution is 5.89. The number of aliphatic carboxylic acids is 2. The van der Waals surface area contributed by atoms with Crippen LogP contribution in [0.1, 0.15) is 5.76 Å². The number of aromatic nitrogens is 1. The number of pyridine rings is 1. The van der Waals surface area contributed by atoms with Gasteiger partial charge < -0.3 is 24.4 Å². The van der Waals surface area contributed by atoms with E-state index in [2.05, 4.69) is 28.9 Å². The minimum Gasteiger partial charge on any atom is -0.478 e.